The first-order valence-electron chi connectivity index (χ1n) is 6.79. The second-order valence-electron chi connectivity index (χ2n) is 7.04. The van der Waals surface area contributed by atoms with Crippen LogP contribution in [0.4, 0.5) is 0 Å². The van der Waals surface area contributed by atoms with Gasteiger partial charge in [-0.15, -0.1) is 0 Å². The molecule has 0 saturated heterocycles. The van der Waals surface area contributed by atoms with E-state index in [2.05, 4.69) is 11.6 Å². The monoisotopic (exact) mass is 315 g/mol. The molecule has 0 aromatic heterocycles. The minimum absolute atomic E-state index is 0.0579. The number of nitrogens with one attached hydrogen (secondary N) is 1. The van der Waals surface area contributed by atoms with E-state index in [0.717, 1.165) is 24.0 Å². The Bertz CT molecular complexity index is 641. The fourth-order valence-corrected chi connectivity index (χ4v) is 4.76. The Kier molecular flexibility index (Phi) is 3.73. The van der Waals surface area contributed by atoms with Crippen molar-refractivity contribution in [1.82, 2.24) is 4.72 Å². The highest BCUT2D eigenvalue weighted by Gasteiger charge is 2.43. The predicted molar refractivity (Wildman–Crippen MR) is 82.8 cm³/mol. The van der Waals surface area contributed by atoms with Crippen LogP contribution in [0.25, 0.3) is 0 Å². The lowest BCUT2D eigenvalue weighted by Gasteiger charge is -2.24. The van der Waals surface area contributed by atoms with Crippen LogP contribution in [-0.4, -0.2) is 14.0 Å². The Morgan fingerprint density at radius 3 is 2.25 bits per heavy atom. The van der Waals surface area contributed by atoms with Gasteiger partial charge in [0.2, 0.25) is 10.0 Å². The van der Waals surface area contributed by atoms with Gasteiger partial charge in [-0.3, -0.25) is 0 Å². The van der Waals surface area contributed by atoms with Gasteiger partial charge in [-0.25, -0.2) is 13.1 Å². The number of benzene rings is 1. The minimum Gasteiger partial charge on any atom is -0.207 e. The smallest absolute Gasteiger partial charge is 0.207 e. The number of hydrogen-bond acceptors (Lipinski definition) is 2. The van der Waals surface area contributed by atoms with E-state index in [-0.39, 0.29) is 10.3 Å². The van der Waals surface area contributed by atoms with Crippen molar-refractivity contribution in [1.29, 1.82) is 0 Å². The molecule has 1 saturated carbocycles. The fraction of sp³-hybridized carbons (Fsp3) is 0.600. The Morgan fingerprint density at radius 2 is 1.80 bits per heavy atom. The van der Waals surface area contributed by atoms with E-state index in [9.17, 15) is 8.42 Å². The zero-order chi connectivity index (χ0) is 15.3. The van der Waals surface area contributed by atoms with Crippen molar-refractivity contribution in [2.45, 2.75) is 63.3 Å². The fourth-order valence-electron chi connectivity index (χ4n) is 2.36. The third kappa shape index (κ3) is 3.18. The molecule has 5 heteroatoms. The van der Waals surface area contributed by atoms with Gasteiger partial charge in [-0.1, -0.05) is 24.6 Å². The van der Waals surface area contributed by atoms with Crippen LogP contribution in [0.5, 0.6) is 0 Å². The molecular weight excluding hydrogens is 294 g/mol. The number of rotatable bonds is 3. The Balaban J connectivity index is 2.62. The molecule has 0 aliphatic heterocycles. The standard InChI is InChI=1S/C15H22ClNO2S/c1-10-8-11(15(5)6-7-15)13(12(16)9-10)20(18,19)17-14(2,3)4/h8-9,17H,6-7H2,1-5H3. The van der Waals surface area contributed by atoms with Gasteiger partial charge in [0.15, 0.2) is 0 Å². The van der Waals surface area contributed by atoms with E-state index in [1.165, 1.54) is 0 Å². The topological polar surface area (TPSA) is 46.2 Å². The van der Waals surface area contributed by atoms with Crippen LogP contribution < -0.4 is 4.72 Å². The predicted octanol–water partition coefficient (Wildman–Crippen LogP) is 3.78. The van der Waals surface area contributed by atoms with E-state index in [1.54, 1.807) is 6.07 Å². The Hall–Kier alpha value is -0.580. The van der Waals surface area contributed by atoms with E-state index in [1.807, 2.05) is 33.8 Å². The summed E-state index contributed by atoms with van der Waals surface area (Å²) in [4.78, 5) is 0.250. The quantitative estimate of drug-likeness (QED) is 0.922. The largest absolute Gasteiger partial charge is 0.242 e. The summed E-state index contributed by atoms with van der Waals surface area (Å²) in [5.74, 6) is 0. The van der Waals surface area contributed by atoms with Crippen LogP contribution >= 0.6 is 11.6 Å². The van der Waals surface area contributed by atoms with Gasteiger partial charge in [0, 0.05) is 5.54 Å². The second kappa shape index (κ2) is 4.72. The maximum Gasteiger partial charge on any atom is 0.242 e. The van der Waals surface area contributed by atoms with Crippen molar-refractivity contribution in [2.24, 2.45) is 0 Å². The summed E-state index contributed by atoms with van der Waals surface area (Å²) in [6.45, 7) is 9.50. The van der Waals surface area contributed by atoms with E-state index in [0.29, 0.717) is 5.02 Å². The molecule has 0 unspecified atom stereocenters. The summed E-state index contributed by atoms with van der Waals surface area (Å²) >= 11 is 6.26. The van der Waals surface area contributed by atoms with Gasteiger partial charge in [-0.2, -0.15) is 0 Å². The van der Waals surface area contributed by atoms with Crippen LogP contribution in [0.2, 0.25) is 5.02 Å². The van der Waals surface area contributed by atoms with Crippen LogP contribution in [0.1, 0.15) is 51.7 Å². The van der Waals surface area contributed by atoms with Crippen LogP contribution in [0.15, 0.2) is 17.0 Å². The summed E-state index contributed by atoms with van der Waals surface area (Å²) in [5.41, 5.74) is 1.25. The molecule has 20 heavy (non-hydrogen) atoms. The number of halogens is 1. The lowest BCUT2D eigenvalue weighted by atomic mass is 9.96. The third-order valence-electron chi connectivity index (χ3n) is 3.55. The molecule has 0 amide bonds. The molecule has 0 heterocycles. The molecule has 1 aromatic rings. The van der Waals surface area contributed by atoms with Crippen molar-refractivity contribution in [2.75, 3.05) is 0 Å². The van der Waals surface area contributed by atoms with Crippen LogP contribution in [0.3, 0.4) is 0 Å². The summed E-state index contributed by atoms with van der Waals surface area (Å²) in [7, 11) is -3.62. The molecule has 0 bridgehead atoms. The first-order chi connectivity index (χ1) is 8.95. The maximum atomic E-state index is 12.7. The van der Waals surface area contributed by atoms with Crippen molar-refractivity contribution in [3.63, 3.8) is 0 Å². The summed E-state index contributed by atoms with van der Waals surface area (Å²) in [6.07, 6.45) is 2.01. The zero-order valence-corrected chi connectivity index (χ0v) is 14.2. The number of hydrogen-bond donors (Lipinski definition) is 1. The molecule has 1 aliphatic rings. The Labute approximate surface area is 126 Å². The number of sulfonamides is 1. The van der Waals surface area contributed by atoms with E-state index >= 15 is 0 Å². The molecule has 0 atom stereocenters. The summed E-state index contributed by atoms with van der Waals surface area (Å²) < 4.78 is 28.1. The van der Waals surface area contributed by atoms with Gasteiger partial charge in [0.05, 0.1) is 5.02 Å². The van der Waals surface area contributed by atoms with Crippen molar-refractivity contribution in [3.05, 3.63) is 28.3 Å². The van der Waals surface area contributed by atoms with Gasteiger partial charge >= 0.3 is 0 Å². The third-order valence-corrected chi connectivity index (χ3v) is 5.82. The van der Waals surface area contributed by atoms with E-state index in [4.69, 9.17) is 11.6 Å². The maximum absolute atomic E-state index is 12.7. The van der Waals surface area contributed by atoms with Crippen LogP contribution in [-0.2, 0) is 15.4 Å². The normalized spacial score (nSPS) is 18.1. The molecule has 1 aromatic carbocycles. The lowest BCUT2D eigenvalue weighted by Crippen LogP contribution is -2.41. The SMILES string of the molecule is Cc1cc(Cl)c(S(=O)(=O)NC(C)(C)C)c(C2(C)CC2)c1. The molecule has 3 nitrogen and oxygen atoms in total. The molecule has 1 fully saturated rings. The minimum atomic E-state index is -3.62. The lowest BCUT2D eigenvalue weighted by molar-refractivity contribution is 0.490. The first kappa shape index (κ1) is 15.8. The molecule has 112 valence electrons. The molecular formula is C15H22ClNO2S. The highest BCUT2D eigenvalue weighted by Crippen LogP contribution is 2.51. The van der Waals surface area contributed by atoms with Gasteiger partial charge < -0.3 is 0 Å². The first-order valence-corrected chi connectivity index (χ1v) is 8.65. The second-order valence-corrected chi connectivity index (χ2v) is 9.07. The summed E-state index contributed by atoms with van der Waals surface area (Å²) in [5, 5.41) is 0.310. The van der Waals surface area contributed by atoms with Crippen molar-refractivity contribution < 1.29 is 8.42 Å². The average molecular weight is 316 g/mol. The van der Waals surface area contributed by atoms with Gasteiger partial charge in [-0.05, 0) is 63.1 Å². The Morgan fingerprint density at radius 1 is 1.25 bits per heavy atom. The van der Waals surface area contributed by atoms with Gasteiger partial charge in [0.1, 0.15) is 4.90 Å². The average Bonchev–Trinajstić information content (AvgIpc) is 2.91. The van der Waals surface area contributed by atoms with E-state index < -0.39 is 15.6 Å². The molecule has 1 aliphatic carbocycles. The van der Waals surface area contributed by atoms with Crippen molar-refractivity contribution in [3.8, 4) is 0 Å². The zero-order valence-electron chi connectivity index (χ0n) is 12.7. The number of aryl methyl sites for hydroxylation is 1. The molecule has 2 rings (SSSR count). The van der Waals surface area contributed by atoms with Gasteiger partial charge in [0.25, 0.3) is 0 Å². The molecule has 0 radical (unpaired) electrons. The highest BCUT2D eigenvalue weighted by atomic mass is 35.5. The summed E-state index contributed by atoms with van der Waals surface area (Å²) in [6, 6.07) is 3.67. The molecule has 1 N–H and O–H groups in total. The van der Waals surface area contributed by atoms with Crippen LogP contribution in [0, 0.1) is 6.92 Å². The van der Waals surface area contributed by atoms with Crippen molar-refractivity contribution >= 4 is 21.6 Å². The molecule has 0 spiro atoms. The highest BCUT2D eigenvalue weighted by molar-refractivity contribution is 7.89.